The molecule has 2 aromatic heterocycles. The lowest BCUT2D eigenvalue weighted by atomic mass is 9.76. The van der Waals surface area contributed by atoms with Crippen LogP contribution in [0, 0.1) is 0 Å². The number of nitrogens with zero attached hydrogens (tertiary/aromatic N) is 9. The van der Waals surface area contributed by atoms with E-state index < -0.39 is 10.8 Å². The van der Waals surface area contributed by atoms with Crippen molar-refractivity contribution in [1.82, 2.24) is 40.0 Å². The molecule has 382 valence electrons. The highest BCUT2D eigenvalue weighted by Crippen LogP contribution is 2.52. The van der Waals surface area contributed by atoms with Gasteiger partial charge in [-0.2, -0.15) is 14.0 Å². The van der Waals surface area contributed by atoms with Crippen molar-refractivity contribution in [3.63, 3.8) is 0 Å². The number of aromatic amines is 1. The van der Waals surface area contributed by atoms with Gasteiger partial charge in [-0.25, -0.2) is 14.7 Å². The first-order chi connectivity index (χ1) is 35.7. The number of rotatable bonds is 8. The number of carbonyl (C=O) groups is 2. The van der Waals surface area contributed by atoms with Crippen molar-refractivity contribution >= 4 is 57.8 Å². The Hall–Kier alpha value is -7.82. The van der Waals surface area contributed by atoms with Gasteiger partial charge in [-0.05, 0) is 205 Å². The van der Waals surface area contributed by atoms with Crippen LogP contribution < -0.4 is 30.7 Å². The van der Waals surface area contributed by atoms with Crippen molar-refractivity contribution in [3.05, 3.63) is 197 Å². The van der Waals surface area contributed by atoms with Gasteiger partial charge < -0.3 is 9.47 Å². The molecule has 16 nitrogen and oxygen atoms in total. The third-order valence-corrected chi connectivity index (χ3v) is 15.6. The maximum absolute atomic E-state index is 14.3. The van der Waals surface area contributed by atoms with Crippen molar-refractivity contribution in [2.75, 3.05) is 9.80 Å². The van der Waals surface area contributed by atoms with Gasteiger partial charge in [0.1, 0.15) is 22.7 Å². The molecule has 8 aromatic rings. The minimum Gasteiger partial charge on any atom is -0.488 e. The second kappa shape index (κ2) is 18.2. The second-order valence-electron chi connectivity index (χ2n) is 21.3. The van der Waals surface area contributed by atoms with Gasteiger partial charge in [0.15, 0.2) is 0 Å². The van der Waals surface area contributed by atoms with Crippen LogP contribution in [0.3, 0.4) is 0 Å². The topological polar surface area (TPSA) is 175 Å². The van der Waals surface area contributed by atoms with E-state index in [1.54, 1.807) is 22.9 Å². The molecule has 0 saturated heterocycles. The van der Waals surface area contributed by atoms with E-state index in [4.69, 9.17) is 32.7 Å². The highest BCUT2D eigenvalue weighted by atomic mass is 35.5. The zero-order chi connectivity index (χ0) is 52.8. The summed E-state index contributed by atoms with van der Waals surface area (Å²) < 4.78 is 16.1. The van der Waals surface area contributed by atoms with E-state index in [-0.39, 0.29) is 40.9 Å². The number of hydrogen-bond acceptors (Lipinski definition) is 10. The normalized spacial score (nSPS) is 19.8. The van der Waals surface area contributed by atoms with Gasteiger partial charge in [-0.15, -0.1) is 0 Å². The lowest BCUT2D eigenvalue weighted by molar-refractivity contribution is -0.121. The number of tetrazole rings is 2. The van der Waals surface area contributed by atoms with Crippen LogP contribution in [0.15, 0.2) is 131 Å². The quantitative estimate of drug-likeness (QED) is 0.154. The summed E-state index contributed by atoms with van der Waals surface area (Å²) in [4.78, 5) is 55.9. The Morgan fingerprint density at radius 2 is 1.00 bits per heavy atom. The lowest BCUT2D eigenvalue weighted by Gasteiger charge is -2.34. The number of hydrogen-bond donors (Lipinski definition) is 1. The van der Waals surface area contributed by atoms with E-state index in [2.05, 4.69) is 65.8 Å². The van der Waals surface area contributed by atoms with Gasteiger partial charge in [-0.3, -0.25) is 19.4 Å². The number of H-pyrrole nitrogens is 1. The number of amides is 2. The first kappa shape index (κ1) is 49.4. The SMILES string of the molecule is CC1(C)CCc2cc([C@]3(C)C(=O)N(c4ccc(Cn5nn[nH]c5=O)cc4)c4ccc(Cl)cc43)ccc2O1.Cn1nnn(Cc2ccc(N3C(=O)[C@@](C)(c4ccc5c(c4)CCC(C)(C)O5)c4cc(Cl)ccc43)cc2)c1=O. The van der Waals surface area contributed by atoms with Gasteiger partial charge in [0.05, 0.1) is 35.3 Å². The molecular weight excluding hydrogens is 992 g/mol. The van der Waals surface area contributed by atoms with E-state index >= 15 is 0 Å². The molecule has 0 radical (unpaired) electrons. The van der Waals surface area contributed by atoms with Crippen LogP contribution in [-0.2, 0) is 53.4 Å². The first-order valence-electron chi connectivity index (χ1n) is 24.8. The fourth-order valence-electron chi connectivity index (χ4n) is 10.7. The zero-order valence-electron chi connectivity index (χ0n) is 42.5. The molecule has 0 saturated carbocycles. The van der Waals surface area contributed by atoms with Crippen LogP contribution in [-0.4, -0.2) is 63.0 Å². The lowest BCUT2D eigenvalue weighted by Crippen LogP contribution is -2.37. The van der Waals surface area contributed by atoms with Crippen molar-refractivity contribution in [3.8, 4) is 11.5 Å². The Kier molecular flexibility index (Phi) is 12.0. The van der Waals surface area contributed by atoms with Crippen LogP contribution in [0.2, 0.25) is 10.0 Å². The molecule has 75 heavy (non-hydrogen) atoms. The number of carbonyl (C=O) groups excluding carboxylic acids is 2. The zero-order valence-corrected chi connectivity index (χ0v) is 44.0. The molecule has 0 unspecified atom stereocenters. The van der Waals surface area contributed by atoms with Gasteiger partial charge in [0, 0.05) is 28.5 Å². The minimum atomic E-state index is -0.923. The summed E-state index contributed by atoms with van der Waals surface area (Å²) in [6.45, 7) is 12.9. The molecule has 0 fully saturated rings. The Labute approximate surface area is 442 Å². The van der Waals surface area contributed by atoms with Crippen LogP contribution in [0.4, 0.5) is 22.7 Å². The number of aryl methyl sites for hydroxylation is 3. The fourth-order valence-corrected chi connectivity index (χ4v) is 11.1. The highest BCUT2D eigenvalue weighted by molar-refractivity contribution is 6.31. The number of anilines is 4. The van der Waals surface area contributed by atoms with Gasteiger partial charge in [-0.1, -0.05) is 71.7 Å². The summed E-state index contributed by atoms with van der Waals surface area (Å²) in [6, 6.07) is 38.5. The molecule has 2 amide bonds. The molecule has 0 bridgehead atoms. The summed E-state index contributed by atoms with van der Waals surface area (Å²) >= 11 is 12.9. The van der Waals surface area contributed by atoms with Crippen LogP contribution in [0.5, 0.6) is 11.5 Å². The largest absolute Gasteiger partial charge is 0.488 e. The third-order valence-electron chi connectivity index (χ3n) is 15.1. The molecule has 2 atom stereocenters. The monoisotopic (exact) mass is 1040 g/mol. The van der Waals surface area contributed by atoms with E-state index in [1.807, 2.05) is 117 Å². The smallest absolute Gasteiger partial charge is 0.363 e. The summed E-state index contributed by atoms with van der Waals surface area (Å²) in [5.74, 6) is 1.64. The van der Waals surface area contributed by atoms with E-state index in [0.29, 0.717) is 16.6 Å². The van der Waals surface area contributed by atoms with E-state index in [9.17, 15) is 19.2 Å². The molecule has 0 aliphatic carbocycles. The molecular formula is C57H54Cl2N10O6. The Balaban J connectivity index is 0.000000161. The van der Waals surface area contributed by atoms with Gasteiger partial charge in [0.25, 0.3) is 0 Å². The number of ether oxygens (including phenoxy) is 2. The van der Waals surface area contributed by atoms with Crippen LogP contribution in [0.25, 0.3) is 0 Å². The molecule has 0 spiro atoms. The summed E-state index contributed by atoms with van der Waals surface area (Å²) in [5.41, 5.74) is 7.66. The predicted octanol–water partition coefficient (Wildman–Crippen LogP) is 9.52. The van der Waals surface area contributed by atoms with Crippen molar-refractivity contribution in [1.29, 1.82) is 0 Å². The number of fused-ring (bicyclic) bond motifs is 4. The Morgan fingerprint density at radius 1 is 0.547 bits per heavy atom. The minimum absolute atomic E-state index is 0.0512. The average molecular weight is 1050 g/mol. The third kappa shape index (κ3) is 8.68. The Bertz CT molecular complexity index is 3710. The van der Waals surface area contributed by atoms with Crippen molar-refractivity contribution < 1.29 is 19.1 Å². The number of halogens is 2. The molecule has 1 N–H and O–H groups in total. The number of benzene rings is 6. The van der Waals surface area contributed by atoms with E-state index in [1.165, 1.54) is 14.0 Å². The molecule has 4 aliphatic rings. The van der Waals surface area contributed by atoms with E-state index in [0.717, 1.165) is 104 Å². The fraction of sp³-hybridized carbons (Fsp3) is 0.298. The second-order valence-corrected chi connectivity index (χ2v) is 22.1. The van der Waals surface area contributed by atoms with Crippen LogP contribution in [0.1, 0.15) is 98.9 Å². The summed E-state index contributed by atoms with van der Waals surface area (Å²) in [7, 11) is 1.56. The first-order valence-corrected chi connectivity index (χ1v) is 25.5. The summed E-state index contributed by atoms with van der Waals surface area (Å²) in [5, 5.41) is 18.4. The summed E-state index contributed by atoms with van der Waals surface area (Å²) in [6.07, 6.45) is 3.61. The number of aromatic nitrogens is 8. The molecule has 18 heteroatoms. The maximum atomic E-state index is 14.3. The molecule has 12 rings (SSSR count). The van der Waals surface area contributed by atoms with Gasteiger partial charge >= 0.3 is 11.4 Å². The van der Waals surface area contributed by atoms with Gasteiger partial charge in [0.2, 0.25) is 11.8 Å². The predicted molar refractivity (Wildman–Crippen MR) is 286 cm³/mol. The standard InChI is InChI=1S/C29H28ClN5O3.C28H26ClN5O3/c1-28(2)14-13-19-15-20(7-12-25(19)38-28)29(3)23-16-21(30)8-11-24(23)35(26(29)36)22-9-5-18(6-10-22)17-34-27(37)33(4)31-32-34;1-27(2)13-12-18-14-19(6-11-24(18)37-27)28(3)22-15-20(29)7-10-23(22)34(25(28)35)21-8-4-17(5-9-21)16-33-26(36)30-31-32-33/h5-12,15-16H,13-14,17H2,1-4H3;4-11,14-15H,12-13,16H2,1-3H3,(H,30,32,36)/t29-;28-/m00/s1. The molecule has 4 aliphatic heterocycles. The molecule has 6 aromatic carbocycles. The number of nitrogens with one attached hydrogen (secondary N) is 1. The average Bonchev–Trinajstić information content (AvgIpc) is 4.07. The van der Waals surface area contributed by atoms with Crippen LogP contribution >= 0.6 is 23.2 Å². The molecule has 6 heterocycles. The maximum Gasteiger partial charge on any atom is 0.363 e. The van der Waals surface area contributed by atoms with Crippen molar-refractivity contribution in [2.24, 2.45) is 7.05 Å². The Morgan fingerprint density at radius 3 is 1.41 bits per heavy atom. The highest BCUT2D eigenvalue weighted by Gasteiger charge is 2.51. The van der Waals surface area contributed by atoms with Crippen molar-refractivity contribution in [2.45, 2.75) is 102 Å².